The summed E-state index contributed by atoms with van der Waals surface area (Å²) in [6.45, 7) is 4.12. The van der Waals surface area contributed by atoms with Crippen LogP contribution in [-0.4, -0.2) is 23.9 Å². The van der Waals surface area contributed by atoms with Crippen molar-refractivity contribution in [3.8, 4) is 0 Å². The summed E-state index contributed by atoms with van der Waals surface area (Å²) in [5, 5.41) is 2.93. The number of benzene rings is 1. The van der Waals surface area contributed by atoms with Crippen LogP contribution in [0.4, 0.5) is 5.69 Å². The molecule has 1 unspecified atom stereocenters. The molecule has 112 valence electrons. The Labute approximate surface area is 125 Å². The number of nitrogens with zero attached hydrogens (tertiary/aromatic N) is 1. The molecule has 1 saturated carbocycles. The molecule has 2 fully saturated rings. The van der Waals surface area contributed by atoms with E-state index in [0.29, 0.717) is 0 Å². The lowest BCUT2D eigenvalue weighted by molar-refractivity contribution is -0.136. The first kappa shape index (κ1) is 14.1. The van der Waals surface area contributed by atoms with E-state index in [9.17, 15) is 9.59 Å². The van der Waals surface area contributed by atoms with Gasteiger partial charge in [0.2, 0.25) is 5.91 Å². The van der Waals surface area contributed by atoms with Crippen LogP contribution in [0.3, 0.4) is 0 Å². The number of amides is 2. The van der Waals surface area contributed by atoms with Gasteiger partial charge in [-0.25, -0.2) is 0 Å². The molecule has 0 aromatic heterocycles. The molecule has 0 radical (unpaired) electrons. The Kier molecular flexibility index (Phi) is 3.47. The van der Waals surface area contributed by atoms with E-state index in [4.69, 9.17) is 0 Å². The highest BCUT2D eigenvalue weighted by Gasteiger charge is 2.52. The SMILES string of the molecule is CCCc1ccccc1N1CC(=O)NC(C)(C2CC2)C1=O. The zero-order chi connectivity index (χ0) is 15.0. The van der Waals surface area contributed by atoms with E-state index in [-0.39, 0.29) is 24.3 Å². The summed E-state index contributed by atoms with van der Waals surface area (Å²) < 4.78 is 0. The summed E-state index contributed by atoms with van der Waals surface area (Å²) in [5.41, 5.74) is 1.31. The molecule has 21 heavy (non-hydrogen) atoms. The average Bonchev–Trinajstić information content (AvgIpc) is 3.29. The first-order valence-corrected chi connectivity index (χ1v) is 7.77. The lowest BCUT2D eigenvalue weighted by Gasteiger charge is -2.40. The summed E-state index contributed by atoms with van der Waals surface area (Å²) in [4.78, 5) is 26.7. The summed E-state index contributed by atoms with van der Waals surface area (Å²) in [7, 11) is 0. The maximum absolute atomic E-state index is 12.9. The van der Waals surface area contributed by atoms with Crippen LogP contribution in [0.1, 0.15) is 38.7 Å². The van der Waals surface area contributed by atoms with E-state index in [1.807, 2.05) is 31.2 Å². The number of rotatable bonds is 4. The van der Waals surface area contributed by atoms with Crippen molar-refractivity contribution in [3.05, 3.63) is 29.8 Å². The van der Waals surface area contributed by atoms with Crippen LogP contribution < -0.4 is 10.2 Å². The largest absolute Gasteiger partial charge is 0.340 e. The van der Waals surface area contributed by atoms with Crippen molar-refractivity contribution in [1.82, 2.24) is 5.32 Å². The molecule has 0 spiro atoms. The van der Waals surface area contributed by atoms with Crippen molar-refractivity contribution in [2.75, 3.05) is 11.4 Å². The van der Waals surface area contributed by atoms with E-state index in [1.165, 1.54) is 0 Å². The minimum Gasteiger partial charge on any atom is -0.340 e. The first-order chi connectivity index (χ1) is 10.1. The number of anilines is 1. The third-order valence-electron chi connectivity index (χ3n) is 4.59. The Balaban J connectivity index is 1.97. The molecule has 1 aromatic rings. The van der Waals surface area contributed by atoms with Gasteiger partial charge in [0.25, 0.3) is 5.91 Å². The molecule has 1 heterocycles. The maximum atomic E-state index is 12.9. The number of carbonyl (C=O) groups excluding carboxylic acids is 2. The van der Waals surface area contributed by atoms with Crippen molar-refractivity contribution in [3.63, 3.8) is 0 Å². The molecular weight excluding hydrogens is 264 g/mol. The monoisotopic (exact) mass is 286 g/mol. The van der Waals surface area contributed by atoms with E-state index < -0.39 is 5.54 Å². The van der Waals surface area contributed by atoms with Gasteiger partial charge < -0.3 is 10.2 Å². The third-order valence-corrected chi connectivity index (χ3v) is 4.59. The smallest absolute Gasteiger partial charge is 0.253 e. The molecular formula is C17H22N2O2. The lowest BCUT2D eigenvalue weighted by Crippen LogP contribution is -2.66. The Morgan fingerprint density at radius 2 is 2.00 bits per heavy atom. The minimum atomic E-state index is -0.728. The fraction of sp³-hybridized carbons (Fsp3) is 0.529. The fourth-order valence-corrected chi connectivity index (χ4v) is 3.27. The van der Waals surface area contributed by atoms with Gasteiger partial charge in [-0.05, 0) is 43.7 Å². The Hall–Kier alpha value is -1.84. The van der Waals surface area contributed by atoms with Crippen LogP contribution in [0.15, 0.2) is 24.3 Å². The van der Waals surface area contributed by atoms with Crippen molar-refractivity contribution in [2.24, 2.45) is 5.92 Å². The van der Waals surface area contributed by atoms with Gasteiger partial charge in [-0.1, -0.05) is 31.5 Å². The number of piperazine rings is 1. The molecule has 1 aliphatic carbocycles. The quantitative estimate of drug-likeness (QED) is 0.923. The number of nitrogens with one attached hydrogen (secondary N) is 1. The number of hydrogen-bond acceptors (Lipinski definition) is 2. The normalized spacial score (nSPS) is 25.9. The number of para-hydroxylation sites is 1. The molecule has 1 aromatic carbocycles. The first-order valence-electron chi connectivity index (χ1n) is 7.77. The molecule has 1 N–H and O–H groups in total. The topological polar surface area (TPSA) is 49.4 Å². The second-order valence-corrected chi connectivity index (χ2v) is 6.29. The van der Waals surface area contributed by atoms with Crippen LogP contribution >= 0.6 is 0 Å². The molecule has 1 atom stereocenters. The molecule has 1 saturated heterocycles. The van der Waals surface area contributed by atoms with E-state index in [2.05, 4.69) is 12.2 Å². The highest BCUT2D eigenvalue weighted by molar-refractivity contribution is 6.09. The molecule has 3 rings (SSSR count). The third kappa shape index (κ3) is 2.43. The highest BCUT2D eigenvalue weighted by atomic mass is 16.2. The zero-order valence-corrected chi connectivity index (χ0v) is 12.7. The van der Waals surface area contributed by atoms with Gasteiger partial charge in [0.05, 0.1) is 0 Å². The molecule has 4 nitrogen and oxygen atoms in total. The molecule has 1 aliphatic heterocycles. The van der Waals surface area contributed by atoms with Gasteiger partial charge >= 0.3 is 0 Å². The lowest BCUT2D eigenvalue weighted by atomic mass is 9.90. The molecule has 4 heteroatoms. The second kappa shape index (κ2) is 5.17. The fourth-order valence-electron chi connectivity index (χ4n) is 3.27. The summed E-state index contributed by atoms with van der Waals surface area (Å²) in [6, 6.07) is 7.92. The summed E-state index contributed by atoms with van der Waals surface area (Å²) in [5.74, 6) is 0.263. The van der Waals surface area contributed by atoms with Crippen molar-refractivity contribution in [1.29, 1.82) is 0 Å². The zero-order valence-electron chi connectivity index (χ0n) is 12.7. The van der Waals surface area contributed by atoms with Gasteiger partial charge in [0.15, 0.2) is 0 Å². The summed E-state index contributed by atoms with van der Waals surface area (Å²) in [6.07, 6.45) is 3.98. The number of carbonyl (C=O) groups is 2. The van der Waals surface area contributed by atoms with E-state index >= 15 is 0 Å². The standard InChI is InChI=1S/C17H22N2O2/c1-3-6-12-7-4-5-8-14(12)19-11-15(20)18-17(2,16(19)21)13-9-10-13/h4-5,7-8,13H,3,6,9-11H2,1-2H3,(H,18,20). The predicted molar refractivity (Wildman–Crippen MR) is 82.1 cm³/mol. The second-order valence-electron chi connectivity index (χ2n) is 6.29. The molecule has 2 amide bonds. The van der Waals surface area contributed by atoms with Crippen LogP contribution in [-0.2, 0) is 16.0 Å². The Bertz CT molecular complexity index is 580. The van der Waals surface area contributed by atoms with Crippen molar-refractivity contribution in [2.45, 2.75) is 45.1 Å². The Morgan fingerprint density at radius 3 is 2.67 bits per heavy atom. The van der Waals surface area contributed by atoms with Crippen LogP contribution in [0.2, 0.25) is 0 Å². The highest BCUT2D eigenvalue weighted by Crippen LogP contribution is 2.42. The molecule has 0 bridgehead atoms. The van der Waals surface area contributed by atoms with Gasteiger partial charge in [0, 0.05) is 5.69 Å². The van der Waals surface area contributed by atoms with Crippen LogP contribution in [0, 0.1) is 5.92 Å². The van der Waals surface area contributed by atoms with Gasteiger partial charge in [-0.2, -0.15) is 0 Å². The van der Waals surface area contributed by atoms with Gasteiger partial charge in [-0.3, -0.25) is 9.59 Å². The van der Waals surface area contributed by atoms with E-state index in [1.54, 1.807) is 4.90 Å². The predicted octanol–water partition coefficient (Wildman–Crippen LogP) is 2.27. The van der Waals surface area contributed by atoms with Crippen molar-refractivity contribution < 1.29 is 9.59 Å². The van der Waals surface area contributed by atoms with Crippen LogP contribution in [0.5, 0.6) is 0 Å². The average molecular weight is 286 g/mol. The van der Waals surface area contributed by atoms with Crippen LogP contribution in [0.25, 0.3) is 0 Å². The Morgan fingerprint density at radius 1 is 1.29 bits per heavy atom. The maximum Gasteiger partial charge on any atom is 0.253 e. The van der Waals surface area contributed by atoms with Crippen molar-refractivity contribution >= 4 is 17.5 Å². The van der Waals surface area contributed by atoms with Gasteiger partial charge in [-0.15, -0.1) is 0 Å². The molecule has 2 aliphatic rings. The van der Waals surface area contributed by atoms with Gasteiger partial charge in [0.1, 0.15) is 12.1 Å². The minimum absolute atomic E-state index is 0.0353. The number of aryl methyl sites for hydroxylation is 1. The number of hydrogen-bond donors (Lipinski definition) is 1. The van der Waals surface area contributed by atoms with E-state index in [0.717, 1.165) is 36.9 Å². The summed E-state index contributed by atoms with van der Waals surface area (Å²) >= 11 is 0.